The molecular weight excluding hydrogens is 459 g/mol. The quantitative estimate of drug-likeness (QED) is 0.277. The Morgan fingerprint density at radius 2 is 1.94 bits per heavy atom. The van der Waals surface area contributed by atoms with E-state index < -0.39 is 12.8 Å². The summed E-state index contributed by atoms with van der Waals surface area (Å²) in [4.78, 5) is 20.6. The van der Waals surface area contributed by atoms with Crippen LogP contribution in [0.25, 0.3) is 16.7 Å². The fraction of sp³-hybridized carbons (Fsp3) is 0.455. The van der Waals surface area contributed by atoms with Crippen LogP contribution in [0.2, 0.25) is 0 Å². The van der Waals surface area contributed by atoms with Crippen LogP contribution in [-0.2, 0) is 9.47 Å². The van der Waals surface area contributed by atoms with Crippen molar-refractivity contribution in [1.29, 1.82) is 0 Å². The summed E-state index contributed by atoms with van der Waals surface area (Å²) in [6, 6.07) is 7.63. The van der Waals surface area contributed by atoms with Crippen LogP contribution in [0.3, 0.4) is 0 Å². The molecule has 4 rings (SSSR count). The third kappa shape index (κ3) is 6.30. The number of fused-ring (bicyclic) bond motifs is 1. The number of benzene rings is 1. The maximum atomic E-state index is 13.1. The van der Waals surface area contributed by atoms with E-state index >= 15 is 0 Å². The molecule has 0 radical (unpaired) electrons. The Hall–Kier alpha value is -2.50. The van der Waals surface area contributed by atoms with Crippen molar-refractivity contribution in [3.63, 3.8) is 0 Å². The molecule has 3 heterocycles. The minimum Gasteiger partial charge on any atom is -0.484 e. The average molecular weight is 484 g/mol. The second kappa shape index (κ2) is 10.6. The van der Waals surface area contributed by atoms with Crippen LogP contribution < -0.4 is 10.3 Å². The van der Waals surface area contributed by atoms with Crippen LogP contribution in [0, 0.1) is 0 Å². The molecule has 1 aliphatic heterocycles. The van der Waals surface area contributed by atoms with Gasteiger partial charge in [-0.1, -0.05) is 11.8 Å². The summed E-state index contributed by atoms with van der Waals surface area (Å²) in [6.07, 6.45) is 0.0499. The topological polar surface area (TPSA) is 78.4 Å². The first-order valence-electron chi connectivity index (χ1n) is 10.6. The van der Waals surface area contributed by atoms with E-state index in [1.165, 1.54) is 28.5 Å². The highest BCUT2D eigenvalue weighted by atomic mass is 32.2. The van der Waals surface area contributed by atoms with Gasteiger partial charge < -0.3 is 19.2 Å². The van der Waals surface area contributed by atoms with Crippen LogP contribution in [0.1, 0.15) is 19.3 Å². The molecule has 33 heavy (non-hydrogen) atoms. The number of ether oxygens (including phenoxy) is 3. The molecule has 7 nitrogen and oxygen atoms in total. The number of nitrogens with zero attached hydrogens (tertiary/aromatic N) is 2. The van der Waals surface area contributed by atoms with E-state index in [9.17, 15) is 18.0 Å². The average Bonchev–Trinajstić information content (AvgIpc) is 3.27. The van der Waals surface area contributed by atoms with Crippen LogP contribution in [0.15, 0.2) is 46.5 Å². The van der Waals surface area contributed by atoms with Gasteiger partial charge in [-0.25, -0.2) is 4.98 Å². The van der Waals surface area contributed by atoms with Gasteiger partial charge in [-0.2, -0.15) is 13.2 Å². The van der Waals surface area contributed by atoms with E-state index in [1.54, 1.807) is 24.4 Å². The molecule has 1 aliphatic rings. The van der Waals surface area contributed by atoms with Gasteiger partial charge in [-0.15, -0.1) is 0 Å². The van der Waals surface area contributed by atoms with Crippen LogP contribution in [-0.4, -0.2) is 59.0 Å². The highest BCUT2D eigenvalue weighted by Crippen LogP contribution is 2.24. The van der Waals surface area contributed by atoms with Crippen molar-refractivity contribution >= 4 is 22.8 Å². The van der Waals surface area contributed by atoms with Gasteiger partial charge in [0, 0.05) is 31.8 Å². The third-order valence-electron chi connectivity index (χ3n) is 5.09. The van der Waals surface area contributed by atoms with Crippen molar-refractivity contribution in [2.45, 2.75) is 36.7 Å². The zero-order valence-corrected chi connectivity index (χ0v) is 18.6. The SMILES string of the molecule is O=c1c2[nH]ccc2nc(SCCCOC2CCOCC2)n1-c1ccc(OCC(F)(F)F)cc1. The third-order valence-corrected chi connectivity index (χ3v) is 6.11. The second-order valence-electron chi connectivity index (χ2n) is 7.56. The van der Waals surface area contributed by atoms with Crippen LogP contribution in [0.4, 0.5) is 13.2 Å². The molecular formula is C22H24F3N3O4S. The Morgan fingerprint density at radius 3 is 2.67 bits per heavy atom. The minimum atomic E-state index is -4.42. The molecule has 0 unspecified atom stereocenters. The number of halogens is 3. The Balaban J connectivity index is 1.46. The fourth-order valence-corrected chi connectivity index (χ4v) is 4.40. The standard InChI is InChI=1S/C22H24F3N3O4S/c23-22(24,25)14-32-16-4-2-15(3-5-16)28-20(29)19-18(6-9-26-19)27-21(28)33-13-1-10-31-17-7-11-30-12-8-17/h2-6,9,17,26H,1,7-8,10-14H2. The number of alkyl halides is 3. The first-order chi connectivity index (χ1) is 15.9. The Morgan fingerprint density at radius 1 is 1.18 bits per heavy atom. The van der Waals surface area contributed by atoms with E-state index in [-0.39, 0.29) is 17.4 Å². The van der Waals surface area contributed by atoms with E-state index in [1.807, 2.05) is 0 Å². The first kappa shape index (κ1) is 23.7. The largest absolute Gasteiger partial charge is 0.484 e. The van der Waals surface area contributed by atoms with Crippen LogP contribution >= 0.6 is 11.8 Å². The first-order valence-corrected chi connectivity index (χ1v) is 11.6. The Labute approximate surface area is 192 Å². The Kier molecular flexibility index (Phi) is 7.61. The molecule has 2 aromatic heterocycles. The minimum absolute atomic E-state index is 0.0671. The van der Waals surface area contributed by atoms with Crippen molar-refractivity contribution in [2.75, 3.05) is 32.2 Å². The number of H-pyrrole nitrogens is 1. The van der Waals surface area contributed by atoms with Gasteiger partial charge in [-0.05, 0) is 49.6 Å². The summed E-state index contributed by atoms with van der Waals surface area (Å²) in [7, 11) is 0. The summed E-state index contributed by atoms with van der Waals surface area (Å²) >= 11 is 1.43. The van der Waals surface area contributed by atoms with Crippen molar-refractivity contribution in [3.8, 4) is 11.4 Å². The fourth-order valence-electron chi connectivity index (χ4n) is 3.47. The molecule has 178 valence electrons. The maximum absolute atomic E-state index is 13.1. The highest BCUT2D eigenvalue weighted by Gasteiger charge is 2.28. The smallest absolute Gasteiger partial charge is 0.422 e. The number of nitrogens with one attached hydrogen (secondary N) is 1. The molecule has 11 heteroatoms. The van der Waals surface area contributed by atoms with Gasteiger partial charge >= 0.3 is 6.18 Å². The molecule has 1 saturated heterocycles. The normalized spacial score (nSPS) is 15.2. The predicted octanol–water partition coefficient (Wildman–Crippen LogP) is 4.33. The summed E-state index contributed by atoms with van der Waals surface area (Å²) in [5.74, 6) is 0.760. The monoisotopic (exact) mass is 483 g/mol. The van der Waals surface area contributed by atoms with Gasteiger partial charge in [0.05, 0.1) is 17.3 Å². The van der Waals surface area contributed by atoms with E-state index in [4.69, 9.17) is 14.2 Å². The van der Waals surface area contributed by atoms with Gasteiger partial charge in [0.25, 0.3) is 5.56 Å². The summed E-state index contributed by atoms with van der Waals surface area (Å²) in [5, 5.41) is 0.502. The zero-order chi connectivity index (χ0) is 23.3. The number of aromatic amines is 1. The van der Waals surface area contributed by atoms with Gasteiger partial charge in [0.1, 0.15) is 11.3 Å². The molecule has 0 aliphatic carbocycles. The lowest BCUT2D eigenvalue weighted by molar-refractivity contribution is -0.153. The van der Waals surface area contributed by atoms with Crippen molar-refractivity contribution in [3.05, 3.63) is 46.9 Å². The molecule has 1 N–H and O–H groups in total. The summed E-state index contributed by atoms with van der Waals surface area (Å²) in [6.45, 7) is 0.692. The Bertz CT molecular complexity index is 1110. The molecule has 0 amide bonds. The molecule has 0 bridgehead atoms. The van der Waals surface area contributed by atoms with E-state index in [2.05, 4.69) is 9.97 Å². The van der Waals surface area contributed by atoms with Gasteiger partial charge in [0.2, 0.25) is 0 Å². The van der Waals surface area contributed by atoms with Crippen molar-refractivity contribution in [1.82, 2.24) is 14.5 Å². The maximum Gasteiger partial charge on any atom is 0.422 e. The summed E-state index contributed by atoms with van der Waals surface area (Å²) in [5.41, 5.74) is 1.13. The molecule has 0 spiro atoms. The van der Waals surface area contributed by atoms with Crippen LogP contribution in [0.5, 0.6) is 5.75 Å². The molecule has 0 saturated carbocycles. The lowest BCUT2D eigenvalue weighted by Crippen LogP contribution is -2.24. The number of hydrogen-bond donors (Lipinski definition) is 1. The second-order valence-corrected chi connectivity index (χ2v) is 8.62. The number of hydrogen-bond acceptors (Lipinski definition) is 6. The molecule has 0 atom stereocenters. The molecule has 1 fully saturated rings. The highest BCUT2D eigenvalue weighted by molar-refractivity contribution is 7.99. The van der Waals surface area contributed by atoms with Crippen molar-refractivity contribution < 1.29 is 27.4 Å². The molecule has 1 aromatic carbocycles. The zero-order valence-electron chi connectivity index (χ0n) is 17.8. The van der Waals surface area contributed by atoms with Gasteiger partial charge in [0.15, 0.2) is 11.8 Å². The lowest BCUT2D eigenvalue weighted by Gasteiger charge is -2.22. The number of aromatic nitrogens is 3. The van der Waals surface area contributed by atoms with E-state index in [0.29, 0.717) is 34.2 Å². The summed E-state index contributed by atoms with van der Waals surface area (Å²) < 4.78 is 54.6. The molecule has 3 aromatic rings. The van der Waals surface area contributed by atoms with E-state index in [0.717, 1.165) is 32.5 Å². The number of thioether (sulfide) groups is 1. The number of rotatable bonds is 9. The predicted molar refractivity (Wildman–Crippen MR) is 118 cm³/mol. The lowest BCUT2D eigenvalue weighted by atomic mass is 10.1. The van der Waals surface area contributed by atoms with Gasteiger partial charge in [-0.3, -0.25) is 9.36 Å². The van der Waals surface area contributed by atoms with Crippen molar-refractivity contribution in [2.24, 2.45) is 0 Å².